The molecular weight excluding hydrogens is 414 g/mol. The molecule has 0 radical (unpaired) electrons. The maximum absolute atomic E-state index is 13.1. The van der Waals surface area contributed by atoms with Gasteiger partial charge in [0.25, 0.3) is 0 Å². The first-order valence-corrected chi connectivity index (χ1v) is 12.2. The highest BCUT2D eigenvalue weighted by Gasteiger charge is 2.53. The number of benzene rings is 2. The van der Waals surface area contributed by atoms with Crippen molar-refractivity contribution < 1.29 is 19.4 Å². The molecule has 174 valence electrons. The van der Waals surface area contributed by atoms with Gasteiger partial charge in [-0.05, 0) is 46.9 Å². The standard InChI is InChI=1S/C28H33NO4/c1-18(2)19-8-7-13-28(14-19)17-29(15-25(28)26(30)31)27(32)33-16-24-22-11-5-3-9-20(22)21-10-4-6-12-23(21)24/h3-6,9-12,18-19,24-25H,7-8,13-17H2,1-2H3,(H,30,31). The molecule has 2 aromatic rings. The summed E-state index contributed by atoms with van der Waals surface area (Å²) in [6.45, 7) is 5.44. The molecule has 5 heteroatoms. The van der Waals surface area contributed by atoms with E-state index in [9.17, 15) is 14.7 Å². The van der Waals surface area contributed by atoms with Crippen LogP contribution in [0.25, 0.3) is 11.1 Å². The molecule has 0 aromatic heterocycles. The van der Waals surface area contributed by atoms with Gasteiger partial charge >= 0.3 is 12.1 Å². The molecule has 3 atom stereocenters. The first-order valence-electron chi connectivity index (χ1n) is 12.2. The summed E-state index contributed by atoms with van der Waals surface area (Å²) in [7, 11) is 0. The van der Waals surface area contributed by atoms with Crippen LogP contribution < -0.4 is 0 Å². The van der Waals surface area contributed by atoms with Crippen molar-refractivity contribution in [2.45, 2.75) is 45.4 Å². The van der Waals surface area contributed by atoms with Crippen molar-refractivity contribution in [3.05, 3.63) is 59.7 Å². The Balaban J connectivity index is 1.31. The zero-order chi connectivity index (χ0) is 23.2. The summed E-state index contributed by atoms with van der Waals surface area (Å²) in [4.78, 5) is 27.0. The lowest BCUT2D eigenvalue weighted by atomic mass is 9.62. The smallest absolute Gasteiger partial charge is 0.409 e. The fraction of sp³-hybridized carbons (Fsp3) is 0.500. The molecule has 2 fully saturated rings. The van der Waals surface area contributed by atoms with Crippen LogP contribution in [0.1, 0.15) is 56.6 Å². The number of carbonyl (C=O) groups excluding carboxylic acids is 1. The van der Waals surface area contributed by atoms with E-state index in [1.54, 1.807) is 4.90 Å². The average molecular weight is 448 g/mol. The van der Waals surface area contributed by atoms with Crippen molar-refractivity contribution in [1.29, 1.82) is 0 Å². The lowest BCUT2D eigenvalue weighted by Crippen LogP contribution is -2.40. The van der Waals surface area contributed by atoms with E-state index in [0.717, 1.165) is 25.7 Å². The second-order valence-electron chi connectivity index (χ2n) is 10.5. The molecule has 1 N–H and O–H groups in total. The lowest BCUT2D eigenvalue weighted by Gasteiger charge is -2.41. The normalized spacial score (nSPS) is 26.5. The van der Waals surface area contributed by atoms with Crippen LogP contribution in [0.15, 0.2) is 48.5 Å². The van der Waals surface area contributed by atoms with E-state index in [1.165, 1.54) is 22.3 Å². The largest absolute Gasteiger partial charge is 0.481 e. The predicted octanol–water partition coefficient (Wildman–Crippen LogP) is 5.78. The number of hydrogen-bond acceptors (Lipinski definition) is 3. The molecular formula is C28H33NO4. The van der Waals surface area contributed by atoms with Crippen molar-refractivity contribution in [1.82, 2.24) is 4.90 Å². The van der Waals surface area contributed by atoms with Gasteiger partial charge in [-0.25, -0.2) is 4.79 Å². The Kier molecular flexibility index (Phi) is 5.67. The second kappa shape index (κ2) is 8.51. The van der Waals surface area contributed by atoms with Gasteiger partial charge in [0.1, 0.15) is 6.61 Å². The van der Waals surface area contributed by atoms with Crippen LogP contribution in [-0.4, -0.2) is 41.8 Å². The first kappa shape index (κ1) is 22.0. The van der Waals surface area contributed by atoms with Gasteiger partial charge in [0, 0.05) is 24.4 Å². The Hall–Kier alpha value is -2.82. The number of hydrogen-bond donors (Lipinski definition) is 1. The first-order chi connectivity index (χ1) is 15.9. The number of carboxylic acids is 1. The highest BCUT2D eigenvalue weighted by Crippen LogP contribution is 2.51. The number of ether oxygens (including phenoxy) is 1. The molecule has 1 heterocycles. The van der Waals surface area contributed by atoms with Gasteiger partial charge in [0.2, 0.25) is 0 Å². The summed E-state index contributed by atoms with van der Waals surface area (Å²) in [5.41, 5.74) is 4.42. The number of rotatable bonds is 4. The van der Waals surface area contributed by atoms with E-state index in [-0.39, 0.29) is 30.6 Å². The summed E-state index contributed by atoms with van der Waals surface area (Å²) in [6.07, 6.45) is 3.56. The van der Waals surface area contributed by atoms with Gasteiger partial charge in [-0.2, -0.15) is 0 Å². The molecule has 2 aromatic carbocycles. The molecule has 1 saturated carbocycles. The van der Waals surface area contributed by atoms with Gasteiger partial charge in [0.05, 0.1) is 5.92 Å². The van der Waals surface area contributed by atoms with Crippen LogP contribution >= 0.6 is 0 Å². The van der Waals surface area contributed by atoms with Gasteiger partial charge < -0.3 is 14.7 Å². The predicted molar refractivity (Wildman–Crippen MR) is 127 cm³/mol. The third kappa shape index (κ3) is 3.81. The maximum atomic E-state index is 13.1. The summed E-state index contributed by atoms with van der Waals surface area (Å²) in [5.74, 6) is -0.246. The van der Waals surface area contributed by atoms with Crippen molar-refractivity contribution in [3.63, 3.8) is 0 Å². The zero-order valence-electron chi connectivity index (χ0n) is 19.5. The maximum Gasteiger partial charge on any atom is 0.409 e. The van der Waals surface area contributed by atoms with E-state index in [1.807, 2.05) is 24.3 Å². The molecule has 0 bridgehead atoms. The van der Waals surface area contributed by atoms with E-state index >= 15 is 0 Å². The Morgan fingerprint density at radius 1 is 1.09 bits per heavy atom. The number of fused-ring (bicyclic) bond motifs is 3. The highest BCUT2D eigenvalue weighted by molar-refractivity contribution is 5.79. The third-order valence-corrected chi connectivity index (χ3v) is 8.40. The Morgan fingerprint density at radius 2 is 1.73 bits per heavy atom. The van der Waals surface area contributed by atoms with E-state index < -0.39 is 11.9 Å². The summed E-state index contributed by atoms with van der Waals surface area (Å²) >= 11 is 0. The third-order valence-electron chi connectivity index (χ3n) is 8.40. The molecule has 1 amide bonds. The fourth-order valence-electron chi connectivity index (χ4n) is 6.61. The highest BCUT2D eigenvalue weighted by atomic mass is 16.6. The molecule has 1 aliphatic heterocycles. The van der Waals surface area contributed by atoms with Gasteiger partial charge in [-0.3, -0.25) is 4.79 Å². The van der Waals surface area contributed by atoms with Crippen molar-refractivity contribution in [3.8, 4) is 11.1 Å². The number of likely N-dealkylation sites (tertiary alicyclic amines) is 1. The number of nitrogens with zero attached hydrogens (tertiary/aromatic N) is 1. The van der Waals surface area contributed by atoms with Gasteiger partial charge in [0.15, 0.2) is 0 Å². The molecule has 33 heavy (non-hydrogen) atoms. The van der Waals surface area contributed by atoms with E-state index in [0.29, 0.717) is 18.4 Å². The molecule has 5 nitrogen and oxygen atoms in total. The SMILES string of the molecule is CC(C)C1CCCC2(C1)CN(C(=O)OCC1c3ccccc3-c3ccccc31)CC2C(=O)O. The van der Waals surface area contributed by atoms with E-state index in [2.05, 4.69) is 38.1 Å². The van der Waals surface area contributed by atoms with Crippen LogP contribution in [0.5, 0.6) is 0 Å². The number of amides is 1. The monoisotopic (exact) mass is 447 g/mol. The van der Waals surface area contributed by atoms with Gasteiger partial charge in [-0.1, -0.05) is 75.2 Å². The Morgan fingerprint density at radius 3 is 2.33 bits per heavy atom. The van der Waals surface area contributed by atoms with Crippen LogP contribution in [0, 0.1) is 23.2 Å². The number of aliphatic carboxylic acids is 1. The Labute approximate surface area is 195 Å². The molecule has 5 rings (SSSR count). The second-order valence-corrected chi connectivity index (χ2v) is 10.5. The average Bonchev–Trinajstić information content (AvgIpc) is 3.34. The molecule has 1 spiro atoms. The summed E-state index contributed by atoms with van der Waals surface area (Å²) in [5, 5.41) is 10.00. The molecule has 2 aliphatic carbocycles. The number of carboxylic acid groups (broad SMARTS) is 1. The van der Waals surface area contributed by atoms with Crippen LogP contribution in [0.2, 0.25) is 0 Å². The lowest BCUT2D eigenvalue weighted by molar-refractivity contribution is -0.146. The minimum absolute atomic E-state index is 0.00758. The minimum Gasteiger partial charge on any atom is -0.481 e. The number of carbonyl (C=O) groups is 2. The zero-order valence-corrected chi connectivity index (χ0v) is 19.5. The molecule has 3 unspecified atom stereocenters. The summed E-state index contributed by atoms with van der Waals surface area (Å²) < 4.78 is 5.85. The van der Waals surface area contributed by atoms with Crippen LogP contribution in [0.4, 0.5) is 4.79 Å². The van der Waals surface area contributed by atoms with Gasteiger partial charge in [-0.15, -0.1) is 0 Å². The van der Waals surface area contributed by atoms with Crippen molar-refractivity contribution >= 4 is 12.1 Å². The molecule has 3 aliphatic rings. The topological polar surface area (TPSA) is 66.8 Å². The quantitative estimate of drug-likeness (QED) is 0.645. The summed E-state index contributed by atoms with van der Waals surface area (Å²) in [6, 6.07) is 16.6. The van der Waals surface area contributed by atoms with E-state index in [4.69, 9.17) is 4.74 Å². The Bertz CT molecular complexity index is 1020. The van der Waals surface area contributed by atoms with Crippen LogP contribution in [0.3, 0.4) is 0 Å². The molecule has 1 saturated heterocycles. The fourth-order valence-corrected chi connectivity index (χ4v) is 6.61. The van der Waals surface area contributed by atoms with Crippen molar-refractivity contribution in [2.75, 3.05) is 19.7 Å². The van der Waals surface area contributed by atoms with Crippen molar-refractivity contribution in [2.24, 2.45) is 23.2 Å². The minimum atomic E-state index is -0.784. The van der Waals surface area contributed by atoms with Crippen LogP contribution in [-0.2, 0) is 9.53 Å².